The summed E-state index contributed by atoms with van der Waals surface area (Å²) in [5, 5.41) is 0. The summed E-state index contributed by atoms with van der Waals surface area (Å²) in [7, 11) is 0. The quantitative estimate of drug-likeness (QED) is 0.535. The van der Waals surface area contributed by atoms with Crippen LogP contribution in [0.1, 0.15) is 32.6 Å². The standard InChI is InChI=1S/C9H14O/c1-3-5-9(2)6-4-8(10)7-9/h3H,1,4-7H2,2H3. The molecule has 1 rings (SSSR count). The van der Waals surface area contributed by atoms with Crippen molar-refractivity contribution >= 4 is 5.78 Å². The first-order valence-electron chi connectivity index (χ1n) is 3.79. The third-order valence-electron chi connectivity index (χ3n) is 2.27. The summed E-state index contributed by atoms with van der Waals surface area (Å²) in [6.07, 6.45) is 5.50. The molecule has 0 amide bonds. The van der Waals surface area contributed by atoms with Crippen LogP contribution in [0.5, 0.6) is 0 Å². The number of Topliss-reactive ketones (excluding diaryl/α,β-unsaturated/α-hetero) is 1. The minimum Gasteiger partial charge on any atom is -0.300 e. The van der Waals surface area contributed by atoms with Crippen molar-refractivity contribution in [3.05, 3.63) is 12.7 Å². The van der Waals surface area contributed by atoms with Crippen LogP contribution in [0.15, 0.2) is 12.7 Å². The van der Waals surface area contributed by atoms with Crippen molar-refractivity contribution in [1.29, 1.82) is 0 Å². The lowest BCUT2D eigenvalue weighted by Gasteiger charge is -2.19. The molecule has 1 aliphatic rings. The fourth-order valence-corrected chi connectivity index (χ4v) is 1.62. The topological polar surface area (TPSA) is 17.1 Å². The van der Waals surface area contributed by atoms with Crippen molar-refractivity contribution in [2.75, 3.05) is 0 Å². The zero-order chi connectivity index (χ0) is 7.61. The van der Waals surface area contributed by atoms with Crippen LogP contribution < -0.4 is 0 Å². The summed E-state index contributed by atoms with van der Waals surface area (Å²) in [4.78, 5) is 10.9. The minimum atomic E-state index is 0.249. The van der Waals surface area contributed by atoms with Crippen LogP contribution in [0.2, 0.25) is 0 Å². The molecule has 1 unspecified atom stereocenters. The molecular weight excluding hydrogens is 124 g/mol. The van der Waals surface area contributed by atoms with Crippen molar-refractivity contribution < 1.29 is 4.79 Å². The largest absolute Gasteiger partial charge is 0.300 e. The van der Waals surface area contributed by atoms with E-state index in [9.17, 15) is 4.79 Å². The molecule has 0 spiro atoms. The number of carbonyl (C=O) groups is 1. The van der Waals surface area contributed by atoms with Gasteiger partial charge in [0.25, 0.3) is 0 Å². The Balaban J connectivity index is 2.53. The smallest absolute Gasteiger partial charge is 0.133 e. The van der Waals surface area contributed by atoms with Gasteiger partial charge in [-0.15, -0.1) is 6.58 Å². The maximum absolute atomic E-state index is 10.9. The molecule has 0 aromatic rings. The molecule has 1 heteroatoms. The Hall–Kier alpha value is -0.590. The molecule has 0 N–H and O–H groups in total. The minimum absolute atomic E-state index is 0.249. The van der Waals surface area contributed by atoms with Crippen LogP contribution in [-0.4, -0.2) is 5.78 Å². The molecule has 1 saturated carbocycles. The summed E-state index contributed by atoms with van der Waals surface area (Å²) in [5.74, 6) is 0.421. The van der Waals surface area contributed by atoms with Gasteiger partial charge in [-0.1, -0.05) is 13.0 Å². The lowest BCUT2D eigenvalue weighted by molar-refractivity contribution is -0.117. The highest BCUT2D eigenvalue weighted by molar-refractivity contribution is 5.81. The van der Waals surface area contributed by atoms with Crippen LogP contribution in [0, 0.1) is 5.41 Å². The monoisotopic (exact) mass is 138 g/mol. The van der Waals surface area contributed by atoms with E-state index in [0.29, 0.717) is 5.78 Å². The Morgan fingerprint density at radius 2 is 2.50 bits per heavy atom. The molecule has 0 aliphatic heterocycles. The second-order valence-corrected chi connectivity index (χ2v) is 3.52. The molecule has 1 fully saturated rings. The Bertz CT molecular complexity index is 160. The number of allylic oxidation sites excluding steroid dienone is 1. The highest BCUT2D eigenvalue weighted by Crippen LogP contribution is 2.38. The Morgan fingerprint density at radius 1 is 1.80 bits per heavy atom. The predicted molar refractivity (Wildman–Crippen MR) is 41.8 cm³/mol. The van der Waals surface area contributed by atoms with E-state index in [1.54, 1.807) is 0 Å². The zero-order valence-corrected chi connectivity index (χ0v) is 6.52. The molecule has 1 atom stereocenters. The van der Waals surface area contributed by atoms with Crippen LogP contribution in [0.25, 0.3) is 0 Å². The number of ketones is 1. The molecule has 1 aliphatic carbocycles. The number of carbonyl (C=O) groups excluding carboxylic acids is 1. The molecule has 0 aromatic carbocycles. The van der Waals surface area contributed by atoms with Gasteiger partial charge in [0.2, 0.25) is 0 Å². The van der Waals surface area contributed by atoms with E-state index in [1.165, 1.54) is 0 Å². The first kappa shape index (κ1) is 7.52. The van der Waals surface area contributed by atoms with Crippen LogP contribution >= 0.6 is 0 Å². The molecule has 0 bridgehead atoms. The van der Waals surface area contributed by atoms with E-state index < -0.39 is 0 Å². The highest BCUT2D eigenvalue weighted by Gasteiger charge is 2.32. The predicted octanol–water partition coefficient (Wildman–Crippen LogP) is 2.32. The van der Waals surface area contributed by atoms with E-state index in [0.717, 1.165) is 25.7 Å². The Labute approximate surface area is 62.1 Å². The second-order valence-electron chi connectivity index (χ2n) is 3.52. The van der Waals surface area contributed by atoms with Gasteiger partial charge in [-0.2, -0.15) is 0 Å². The summed E-state index contributed by atoms with van der Waals surface area (Å²) in [5.41, 5.74) is 0.249. The van der Waals surface area contributed by atoms with Gasteiger partial charge < -0.3 is 0 Å². The molecule has 0 saturated heterocycles. The molecule has 56 valence electrons. The fraction of sp³-hybridized carbons (Fsp3) is 0.667. The first-order chi connectivity index (χ1) is 4.66. The van der Waals surface area contributed by atoms with E-state index in [4.69, 9.17) is 0 Å². The van der Waals surface area contributed by atoms with Crippen LogP contribution in [0.4, 0.5) is 0 Å². The summed E-state index contributed by atoms with van der Waals surface area (Å²) in [6, 6.07) is 0. The Morgan fingerprint density at radius 3 is 2.90 bits per heavy atom. The van der Waals surface area contributed by atoms with Crippen LogP contribution in [-0.2, 0) is 4.79 Å². The van der Waals surface area contributed by atoms with E-state index in [1.807, 2.05) is 6.08 Å². The zero-order valence-electron chi connectivity index (χ0n) is 6.52. The second kappa shape index (κ2) is 2.57. The molecule has 0 heterocycles. The summed E-state index contributed by atoms with van der Waals surface area (Å²) in [6.45, 7) is 5.85. The van der Waals surface area contributed by atoms with Gasteiger partial charge in [-0.05, 0) is 18.3 Å². The van der Waals surface area contributed by atoms with Crippen molar-refractivity contribution in [2.45, 2.75) is 32.6 Å². The molecular formula is C9H14O. The maximum Gasteiger partial charge on any atom is 0.133 e. The lowest BCUT2D eigenvalue weighted by Crippen LogP contribution is -2.09. The van der Waals surface area contributed by atoms with E-state index >= 15 is 0 Å². The average molecular weight is 138 g/mol. The van der Waals surface area contributed by atoms with Crippen molar-refractivity contribution in [3.63, 3.8) is 0 Å². The molecule has 1 nitrogen and oxygen atoms in total. The maximum atomic E-state index is 10.9. The highest BCUT2D eigenvalue weighted by atomic mass is 16.1. The third kappa shape index (κ3) is 1.47. The number of hydrogen-bond acceptors (Lipinski definition) is 1. The fourth-order valence-electron chi connectivity index (χ4n) is 1.62. The normalized spacial score (nSPS) is 32.7. The van der Waals surface area contributed by atoms with Gasteiger partial charge in [0.1, 0.15) is 5.78 Å². The summed E-state index contributed by atoms with van der Waals surface area (Å²) >= 11 is 0. The van der Waals surface area contributed by atoms with Gasteiger partial charge in [0, 0.05) is 12.8 Å². The molecule has 0 aromatic heterocycles. The Kier molecular flexibility index (Phi) is 1.93. The molecule has 0 radical (unpaired) electrons. The van der Waals surface area contributed by atoms with Gasteiger partial charge in [-0.3, -0.25) is 4.79 Å². The summed E-state index contributed by atoms with van der Waals surface area (Å²) < 4.78 is 0. The number of rotatable bonds is 2. The first-order valence-corrected chi connectivity index (χ1v) is 3.79. The van der Waals surface area contributed by atoms with E-state index in [2.05, 4.69) is 13.5 Å². The van der Waals surface area contributed by atoms with Crippen molar-refractivity contribution in [2.24, 2.45) is 5.41 Å². The van der Waals surface area contributed by atoms with Crippen LogP contribution in [0.3, 0.4) is 0 Å². The average Bonchev–Trinajstić information content (AvgIpc) is 2.12. The van der Waals surface area contributed by atoms with E-state index in [-0.39, 0.29) is 5.41 Å². The molecule has 10 heavy (non-hydrogen) atoms. The number of hydrogen-bond donors (Lipinski definition) is 0. The van der Waals surface area contributed by atoms with Gasteiger partial charge in [0.15, 0.2) is 0 Å². The van der Waals surface area contributed by atoms with Gasteiger partial charge in [0.05, 0.1) is 0 Å². The van der Waals surface area contributed by atoms with Crippen molar-refractivity contribution in [1.82, 2.24) is 0 Å². The third-order valence-corrected chi connectivity index (χ3v) is 2.27. The lowest BCUT2D eigenvalue weighted by atomic mass is 9.85. The SMILES string of the molecule is C=CCC1(C)CCC(=O)C1. The van der Waals surface area contributed by atoms with Gasteiger partial charge in [-0.25, -0.2) is 0 Å². The van der Waals surface area contributed by atoms with Crippen molar-refractivity contribution in [3.8, 4) is 0 Å². The van der Waals surface area contributed by atoms with Gasteiger partial charge >= 0.3 is 0 Å².